The lowest BCUT2D eigenvalue weighted by Crippen LogP contribution is -2.38. The van der Waals surface area contributed by atoms with Gasteiger partial charge in [0.2, 0.25) is 5.96 Å². The molecule has 1 aromatic rings. The largest absolute Gasteiger partial charge is 0.453 e. The summed E-state index contributed by atoms with van der Waals surface area (Å²) in [7, 11) is 1.34. The average molecular weight is 331 g/mol. The van der Waals surface area contributed by atoms with Crippen LogP contribution in [0.3, 0.4) is 0 Å². The van der Waals surface area contributed by atoms with Crippen molar-refractivity contribution in [2.45, 2.75) is 58.4 Å². The number of benzene rings is 1. The summed E-state index contributed by atoms with van der Waals surface area (Å²) in [6.45, 7) is 14.0. The fourth-order valence-corrected chi connectivity index (χ4v) is 3.06. The number of guanidine groups is 1. The van der Waals surface area contributed by atoms with E-state index >= 15 is 0 Å². The second kappa shape index (κ2) is 6.46. The van der Waals surface area contributed by atoms with Crippen LogP contribution in [0, 0.1) is 0 Å². The molecule has 1 aromatic carbocycles. The van der Waals surface area contributed by atoms with Gasteiger partial charge in [-0.05, 0) is 27.5 Å². The minimum atomic E-state index is -0.512. The average Bonchev–Trinajstić information content (AvgIpc) is 2.92. The zero-order chi connectivity index (χ0) is 18.1. The highest BCUT2D eigenvalue weighted by molar-refractivity contribution is 5.94. The van der Waals surface area contributed by atoms with Gasteiger partial charge in [0.05, 0.1) is 13.2 Å². The number of nitrogens with zero attached hydrogens (tertiary/aromatic N) is 1. The SMILES string of the molecule is COC(=O)NC1=NC(c2c(C(C)(C)C)cccc2C(C)(C)C)CN1. The second-order valence-electron chi connectivity index (χ2n) is 8.26. The van der Waals surface area contributed by atoms with E-state index in [4.69, 9.17) is 0 Å². The summed E-state index contributed by atoms with van der Waals surface area (Å²) >= 11 is 0. The number of amides is 1. The Labute approximate surface area is 144 Å². The molecule has 5 nitrogen and oxygen atoms in total. The van der Waals surface area contributed by atoms with E-state index in [0.29, 0.717) is 12.5 Å². The van der Waals surface area contributed by atoms with E-state index in [0.717, 1.165) is 0 Å². The Bertz CT molecular complexity index is 619. The Balaban J connectivity index is 2.51. The topological polar surface area (TPSA) is 62.7 Å². The summed E-state index contributed by atoms with van der Waals surface area (Å²) in [5.74, 6) is 0.468. The maximum atomic E-state index is 11.4. The number of carbonyl (C=O) groups is 1. The Kier molecular flexibility index (Phi) is 4.92. The molecule has 0 saturated heterocycles. The Morgan fingerprint density at radius 3 is 2.17 bits per heavy atom. The molecule has 1 unspecified atom stereocenters. The van der Waals surface area contributed by atoms with E-state index in [1.54, 1.807) is 0 Å². The van der Waals surface area contributed by atoms with Gasteiger partial charge in [-0.25, -0.2) is 9.79 Å². The van der Waals surface area contributed by atoms with Crippen LogP contribution in [0.1, 0.15) is 64.3 Å². The van der Waals surface area contributed by atoms with Crippen molar-refractivity contribution < 1.29 is 9.53 Å². The van der Waals surface area contributed by atoms with Gasteiger partial charge in [-0.3, -0.25) is 5.32 Å². The summed E-state index contributed by atoms with van der Waals surface area (Å²) in [4.78, 5) is 16.1. The molecule has 2 rings (SSSR count). The summed E-state index contributed by atoms with van der Waals surface area (Å²) in [6, 6.07) is 6.48. The summed E-state index contributed by atoms with van der Waals surface area (Å²) < 4.78 is 4.64. The molecule has 132 valence electrons. The first kappa shape index (κ1) is 18.3. The van der Waals surface area contributed by atoms with Gasteiger partial charge >= 0.3 is 6.09 Å². The number of aliphatic imine (C=N–C) groups is 1. The van der Waals surface area contributed by atoms with Crippen molar-refractivity contribution in [1.82, 2.24) is 10.6 Å². The van der Waals surface area contributed by atoms with Gasteiger partial charge in [0.25, 0.3) is 0 Å². The van der Waals surface area contributed by atoms with Crippen LogP contribution in [0.15, 0.2) is 23.2 Å². The molecule has 0 fully saturated rings. The van der Waals surface area contributed by atoms with E-state index < -0.39 is 6.09 Å². The highest BCUT2D eigenvalue weighted by Gasteiger charge is 2.31. The fraction of sp³-hybridized carbons (Fsp3) is 0.579. The Morgan fingerprint density at radius 2 is 1.71 bits per heavy atom. The predicted molar refractivity (Wildman–Crippen MR) is 97.6 cm³/mol. The van der Waals surface area contributed by atoms with Crippen LogP contribution >= 0.6 is 0 Å². The van der Waals surface area contributed by atoms with Crippen LogP contribution in [0.25, 0.3) is 0 Å². The maximum absolute atomic E-state index is 11.4. The number of hydrogen-bond acceptors (Lipinski definition) is 4. The highest BCUT2D eigenvalue weighted by atomic mass is 16.5. The molecule has 1 aliphatic heterocycles. The van der Waals surface area contributed by atoms with Gasteiger partial charge in [-0.1, -0.05) is 59.7 Å². The number of ether oxygens (including phenoxy) is 1. The van der Waals surface area contributed by atoms with Gasteiger partial charge in [0.15, 0.2) is 0 Å². The third-order valence-electron chi connectivity index (χ3n) is 4.21. The first-order valence-electron chi connectivity index (χ1n) is 8.34. The first-order chi connectivity index (χ1) is 11.0. The molecule has 0 saturated carbocycles. The summed E-state index contributed by atoms with van der Waals surface area (Å²) in [6.07, 6.45) is -0.512. The number of nitrogens with one attached hydrogen (secondary N) is 2. The van der Waals surface area contributed by atoms with Gasteiger partial charge < -0.3 is 10.1 Å². The van der Waals surface area contributed by atoms with Crippen LogP contribution in [-0.4, -0.2) is 25.7 Å². The number of methoxy groups -OCH3 is 1. The van der Waals surface area contributed by atoms with Crippen LogP contribution < -0.4 is 10.6 Å². The molecule has 1 amide bonds. The van der Waals surface area contributed by atoms with Crippen LogP contribution in [0.5, 0.6) is 0 Å². The van der Waals surface area contributed by atoms with E-state index in [2.05, 4.69) is 80.1 Å². The maximum Gasteiger partial charge on any atom is 0.413 e. The molecule has 2 N–H and O–H groups in total. The normalized spacial score (nSPS) is 18.0. The molecule has 0 bridgehead atoms. The van der Waals surface area contributed by atoms with Crippen molar-refractivity contribution in [2.75, 3.05) is 13.7 Å². The van der Waals surface area contributed by atoms with E-state index in [1.807, 2.05) is 0 Å². The summed E-state index contributed by atoms with van der Waals surface area (Å²) in [5, 5.41) is 5.79. The van der Waals surface area contributed by atoms with Gasteiger partial charge in [0.1, 0.15) is 0 Å². The highest BCUT2D eigenvalue weighted by Crippen LogP contribution is 2.39. The van der Waals surface area contributed by atoms with Gasteiger partial charge in [-0.15, -0.1) is 0 Å². The molecule has 1 aliphatic rings. The number of rotatable bonds is 1. The molecule has 0 aromatic heterocycles. The molecule has 0 spiro atoms. The van der Waals surface area contributed by atoms with E-state index in [1.165, 1.54) is 23.8 Å². The van der Waals surface area contributed by atoms with Crippen molar-refractivity contribution in [1.29, 1.82) is 0 Å². The quantitative estimate of drug-likeness (QED) is 0.826. The molecular formula is C19H29N3O2. The molecule has 0 radical (unpaired) electrons. The van der Waals surface area contributed by atoms with Crippen molar-refractivity contribution >= 4 is 12.1 Å². The van der Waals surface area contributed by atoms with Crippen molar-refractivity contribution in [3.63, 3.8) is 0 Å². The minimum Gasteiger partial charge on any atom is -0.453 e. The van der Waals surface area contributed by atoms with Crippen molar-refractivity contribution in [2.24, 2.45) is 4.99 Å². The molecule has 1 atom stereocenters. The van der Waals surface area contributed by atoms with Crippen molar-refractivity contribution in [3.05, 3.63) is 34.9 Å². The zero-order valence-electron chi connectivity index (χ0n) is 15.8. The third kappa shape index (κ3) is 3.89. The Morgan fingerprint density at radius 1 is 1.17 bits per heavy atom. The second-order valence-corrected chi connectivity index (χ2v) is 8.26. The molecule has 1 heterocycles. The van der Waals surface area contributed by atoms with Crippen LogP contribution in [-0.2, 0) is 15.6 Å². The first-order valence-corrected chi connectivity index (χ1v) is 8.34. The van der Waals surface area contributed by atoms with Crippen LogP contribution in [0.2, 0.25) is 0 Å². The standard InChI is InChI=1S/C19H29N3O2/c1-18(2,3)12-9-8-10-13(19(4,5)6)15(12)14-11-20-16(21-14)22-17(23)24-7/h8-10,14H,11H2,1-7H3,(H2,20,21,22,23). The lowest BCUT2D eigenvalue weighted by molar-refractivity contribution is 0.176. The monoisotopic (exact) mass is 331 g/mol. The number of alkyl carbamates (subject to hydrolysis) is 1. The van der Waals surface area contributed by atoms with Crippen molar-refractivity contribution in [3.8, 4) is 0 Å². The Hall–Kier alpha value is -2.04. The molecule has 24 heavy (non-hydrogen) atoms. The molecule has 0 aliphatic carbocycles. The smallest absolute Gasteiger partial charge is 0.413 e. The zero-order valence-corrected chi connectivity index (χ0v) is 15.8. The van der Waals surface area contributed by atoms with Gasteiger partial charge in [0, 0.05) is 6.54 Å². The van der Waals surface area contributed by atoms with E-state index in [-0.39, 0.29) is 16.9 Å². The lowest BCUT2D eigenvalue weighted by Gasteiger charge is -2.31. The predicted octanol–water partition coefficient (Wildman–Crippen LogP) is 3.64. The molecular weight excluding hydrogens is 302 g/mol. The van der Waals surface area contributed by atoms with E-state index in [9.17, 15) is 4.79 Å². The van der Waals surface area contributed by atoms with Crippen LogP contribution in [0.4, 0.5) is 4.79 Å². The lowest BCUT2D eigenvalue weighted by atomic mass is 9.74. The number of hydrogen-bond donors (Lipinski definition) is 2. The minimum absolute atomic E-state index is 0.0185. The third-order valence-corrected chi connectivity index (χ3v) is 4.21. The van der Waals surface area contributed by atoms with Gasteiger partial charge in [-0.2, -0.15) is 0 Å². The fourth-order valence-electron chi connectivity index (χ4n) is 3.06. The molecule has 5 heteroatoms. The number of carbonyl (C=O) groups excluding carboxylic acids is 1. The summed E-state index contributed by atoms with van der Waals surface area (Å²) in [5.41, 5.74) is 3.89.